The molecule has 0 heterocycles. The van der Waals surface area contributed by atoms with E-state index in [0.717, 1.165) is 12.8 Å². The first-order valence-electron chi connectivity index (χ1n) is 4.91. The van der Waals surface area contributed by atoms with Crippen LogP contribution in [-0.4, -0.2) is 5.78 Å². The summed E-state index contributed by atoms with van der Waals surface area (Å²) in [6, 6.07) is 0. The van der Waals surface area contributed by atoms with E-state index in [1.807, 2.05) is 0 Å². The SMILES string of the molecule is CC1=C2C=CC=C2C2CCC(=O)C12. The summed E-state index contributed by atoms with van der Waals surface area (Å²) >= 11 is 0. The summed E-state index contributed by atoms with van der Waals surface area (Å²) in [5.74, 6) is 1.22. The van der Waals surface area contributed by atoms with E-state index in [9.17, 15) is 4.79 Å². The first-order valence-corrected chi connectivity index (χ1v) is 4.91. The minimum atomic E-state index is 0.242. The van der Waals surface area contributed by atoms with Gasteiger partial charge in [0, 0.05) is 12.3 Å². The van der Waals surface area contributed by atoms with Crippen molar-refractivity contribution >= 4 is 5.78 Å². The van der Waals surface area contributed by atoms with Crippen molar-refractivity contribution in [3.63, 3.8) is 0 Å². The molecular weight excluding hydrogens is 160 g/mol. The van der Waals surface area contributed by atoms with Crippen LogP contribution >= 0.6 is 0 Å². The summed E-state index contributed by atoms with van der Waals surface area (Å²) in [7, 11) is 0. The number of rotatable bonds is 0. The number of allylic oxidation sites excluding steroid dienone is 6. The van der Waals surface area contributed by atoms with Crippen LogP contribution < -0.4 is 0 Å². The quantitative estimate of drug-likeness (QED) is 0.548. The maximum atomic E-state index is 11.6. The number of fused-ring (bicyclic) bond motifs is 3. The van der Waals surface area contributed by atoms with Gasteiger partial charge in [0.05, 0.1) is 0 Å². The maximum absolute atomic E-state index is 11.6. The molecule has 3 aliphatic carbocycles. The zero-order valence-electron chi connectivity index (χ0n) is 7.71. The van der Waals surface area contributed by atoms with Crippen LogP contribution in [0.4, 0.5) is 0 Å². The Morgan fingerprint density at radius 1 is 1.46 bits per heavy atom. The van der Waals surface area contributed by atoms with E-state index < -0.39 is 0 Å². The highest BCUT2D eigenvalue weighted by Crippen LogP contribution is 2.50. The predicted molar refractivity (Wildman–Crippen MR) is 51.1 cm³/mol. The van der Waals surface area contributed by atoms with Gasteiger partial charge in [0.1, 0.15) is 5.78 Å². The third kappa shape index (κ3) is 0.749. The van der Waals surface area contributed by atoms with Gasteiger partial charge in [-0.1, -0.05) is 23.8 Å². The van der Waals surface area contributed by atoms with E-state index >= 15 is 0 Å². The molecule has 66 valence electrons. The second-order valence-corrected chi connectivity index (χ2v) is 4.17. The van der Waals surface area contributed by atoms with Crippen LogP contribution in [0.1, 0.15) is 19.8 Å². The number of carbonyl (C=O) groups is 1. The van der Waals surface area contributed by atoms with Gasteiger partial charge in [-0.25, -0.2) is 0 Å². The van der Waals surface area contributed by atoms with E-state index in [4.69, 9.17) is 0 Å². The van der Waals surface area contributed by atoms with Crippen molar-refractivity contribution in [3.05, 3.63) is 34.9 Å². The molecular formula is C12H12O. The summed E-state index contributed by atoms with van der Waals surface area (Å²) in [6.07, 6.45) is 8.29. The highest BCUT2D eigenvalue weighted by atomic mass is 16.1. The second-order valence-electron chi connectivity index (χ2n) is 4.17. The van der Waals surface area contributed by atoms with Gasteiger partial charge in [0.2, 0.25) is 0 Å². The Kier molecular flexibility index (Phi) is 1.25. The molecule has 0 bridgehead atoms. The molecule has 1 fully saturated rings. The smallest absolute Gasteiger partial charge is 0.140 e. The first-order chi connectivity index (χ1) is 6.29. The van der Waals surface area contributed by atoms with Crippen LogP contribution in [-0.2, 0) is 4.79 Å². The fourth-order valence-corrected chi connectivity index (χ4v) is 3.01. The van der Waals surface area contributed by atoms with E-state index in [-0.39, 0.29) is 5.92 Å². The molecule has 13 heavy (non-hydrogen) atoms. The van der Waals surface area contributed by atoms with Crippen molar-refractivity contribution in [2.75, 3.05) is 0 Å². The average Bonchev–Trinajstić information content (AvgIpc) is 2.71. The number of carbonyl (C=O) groups excluding carboxylic acids is 1. The van der Waals surface area contributed by atoms with Gasteiger partial charge in [-0.2, -0.15) is 0 Å². The summed E-state index contributed by atoms with van der Waals surface area (Å²) in [4.78, 5) is 11.6. The van der Waals surface area contributed by atoms with Crippen LogP contribution in [0.25, 0.3) is 0 Å². The molecule has 3 rings (SSSR count). The van der Waals surface area contributed by atoms with E-state index in [0.29, 0.717) is 11.7 Å². The summed E-state index contributed by atoms with van der Waals surface area (Å²) < 4.78 is 0. The lowest BCUT2D eigenvalue weighted by Gasteiger charge is -2.09. The molecule has 0 N–H and O–H groups in total. The number of hydrogen-bond acceptors (Lipinski definition) is 1. The minimum Gasteiger partial charge on any atom is -0.299 e. The molecule has 0 radical (unpaired) electrons. The van der Waals surface area contributed by atoms with Crippen molar-refractivity contribution in [3.8, 4) is 0 Å². The van der Waals surface area contributed by atoms with Crippen LogP contribution in [0.15, 0.2) is 34.9 Å². The minimum absolute atomic E-state index is 0.242. The fraction of sp³-hybridized carbons (Fsp3) is 0.417. The summed E-state index contributed by atoms with van der Waals surface area (Å²) in [5, 5.41) is 0. The van der Waals surface area contributed by atoms with Gasteiger partial charge in [0.25, 0.3) is 0 Å². The molecule has 0 aromatic heterocycles. The molecule has 2 atom stereocenters. The van der Waals surface area contributed by atoms with E-state index in [1.54, 1.807) is 0 Å². The van der Waals surface area contributed by atoms with Crippen LogP contribution in [0.5, 0.6) is 0 Å². The van der Waals surface area contributed by atoms with E-state index in [1.165, 1.54) is 16.7 Å². The van der Waals surface area contributed by atoms with Gasteiger partial charge in [-0.3, -0.25) is 4.79 Å². The number of ketones is 1. The molecule has 3 aliphatic rings. The van der Waals surface area contributed by atoms with Crippen molar-refractivity contribution in [1.82, 2.24) is 0 Å². The number of Topliss-reactive ketones (excluding diaryl/α,β-unsaturated/α-hetero) is 1. The van der Waals surface area contributed by atoms with Crippen molar-refractivity contribution < 1.29 is 4.79 Å². The zero-order chi connectivity index (χ0) is 9.00. The summed E-state index contributed by atoms with van der Waals surface area (Å²) in [5.41, 5.74) is 4.09. The molecule has 0 saturated heterocycles. The average molecular weight is 172 g/mol. The summed E-state index contributed by atoms with van der Waals surface area (Å²) in [6.45, 7) is 2.12. The lowest BCUT2D eigenvalue weighted by atomic mass is 9.92. The molecule has 1 saturated carbocycles. The molecule has 0 aliphatic heterocycles. The van der Waals surface area contributed by atoms with Crippen molar-refractivity contribution in [2.45, 2.75) is 19.8 Å². The van der Waals surface area contributed by atoms with Crippen molar-refractivity contribution in [1.29, 1.82) is 0 Å². The molecule has 0 aromatic carbocycles. The predicted octanol–water partition coefficient (Wildman–Crippen LogP) is 2.41. The Hall–Kier alpha value is -1.11. The Balaban J connectivity index is 2.16. The monoisotopic (exact) mass is 172 g/mol. The van der Waals surface area contributed by atoms with Gasteiger partial charge >= 0.3 is 0 Å². The normalized spacial score (nSPS) is 35.5. The zero-order valence-corrected chi connectivity index (χ0v) is 7.71. The van der Waals surface area contributed by atoms with Gasteiger partial charge < -0.3 is 0 Å². The standard InChI is InChI=1S/C12H12O/c1-7-8-3-2-4-9(8)10-5-6-11(13)12(7)10/h2-4,10,12H,5-6H2,1H3. The molecule has 0 amide bonds. The number of hydrogen-bond donors (Lipinski definition) is 0. The highest BCUT2D eigenvalue weighted by Gasteiger charge is 2.44. The van der Waals surface area contributed by atoms with Crippen LogP contribution in [0.2, 0.25) is 0 Å². The lowest BCUT2D eigenvalue weighted by molar-refractivity contribution is -0.119. The Bertz CT molecular complexity index is 382. The fourth-order valence-electron chi connectivity index (χ4n) is 3.01. The largest absolute Gasteiger partial charge is 0.299 e. The third-order valence-electron chi connectivity index (χ3n) is 3.59. The Morgan fingerprint density at radius 2 is 2.31 bits per heavy atom. The lowest BCUT2D eigenvalue weighted by Crippen LogP contribution is -2.11. The van der Waals surface area contributed by atoms with Crippen LogP contribution in [0.3, 0.4) is 0 Å². The molecule has 1 nitrogen and oxygen atoms in total. The van der Waals surface area contributed by atoms with Gasteiger partial charge in [0.15, 0.2) is 0 Å². The van der Waals surface area contributed by atoms with Gasteiger partial charge in [-0.15, -0.1) is 0 Å². The topological polar surface area (TPSA) is 17.1 Å². The highest BCUT2D eigenvalue weighted by molar-refractivity contribution is 5.89. The molecule has 0 spiro atoms. The van der Waals surface area contributed by atoms with E-state index in [2.05, 4.69) is 25.2 Å². The third-order valence-corrected chi connectivity index (χ3v) is 3.59. The Morgan fingerprint density at radius 3 is 3.15 bits per heavy atom. The molecule has 0 aromatic rings. The Labute approximate surface area is 77.8 Å². The maximum Gasteiger partial charge on any atom is 0.140 e. The van der Waals surface area contributed by atoms with Crippen LogP contribution in [0, 0.1) is 11.8 Å². The van der Waals surface area contributed by atoms with Gasteiger partial charge in [-0.05, 0) is 30.4 Å². The van der Waals surface area contributed by atoms with Crippen molar-refractivity contribution in [2.24, 2.45) is 11.8 Å². The first kappa shape index (κ1) is 7.31. The molecule has 2 unspecified atom stereocenters. The molecule has 1 heteroatoms. The second kappa shape index (κ2) is 2.22.